The van der Waals surface area contributed by atoms with Gasteiger partial charge in [-0.1, -0.05) is 20.8 Å². The van der Waals surface area contributed by atoms with Crippen molar-refractivity contribution in [2.24, 2.45) is 17.3 Å². The number of nitrogens with one attached hydrogen (secondary N) is 2. The van der Waals surface area contributed by atoms with Crippen LogP contribution < -0.4 is 10.6 Å². The first kappa shape index (κ1) is 15.5. The van der Waals surface area contributed by atoms with Crippen molar-refractivity contribution in [2.45, 2.75) is 53.4 Å². The molecule has 0 aromatic rings. The molecule has 3 heteroatoms. The fourth-order valence-electron chi connectivity index (χ4n) is 2.87. The van der Waals surface area contributed by atoms with E-state index in [1.54, 1.807) is 6.92 Å². The summed E-state index contributed by atoms with van der Waals surface area (Å²) in [5, 5.41) is 6.26. The number of rotatable bonds is 5. The van der Waals surface area contributed by atoms with Crippen molar-refractivity contribution in [1.29, 1.82) is 0 Å². The van der Waals surface area contributed by atoms with Crippen molar-refractivity contribution >= 4 is 5.91 Å². The molecule has 2 N–H and O–H groups in total. The van der Waals surface area contributed by atoms with Crippen LogP contribution in [0.25, 0.3) is 0 Å². The molecule has 0 atom stereocenters. The summed E-state index contributed by atoms with van der Waals surface area (Å²) in [6.07, 6.45) is 5.47. The van der Waals surface area contributed by atoms with Gasteiger partial charge in [-0.25, -0.2) is 0 Å². The van der Waals surface area contributed by atoms with Crippen molar-refractivity contribution < 1.29 is 4.79 Å². The Balaban J connectivity index is 2.07. The Hall–Kier alpha value is -0.570. The second-order valence-corrected chi connectivity index (χ2v) is 6.77. The third kappa shape index (κ3) is 5.85. The molecule has 0 spiro atoms. The maximum atomic E-state index is 10.7. The summed E-state index contributed by atoms with van der Waals surface area (Å²) in [5.74, 6) is 1.79. The van der Waals surface area contributed by atoms with Crippen LogP contribution in [0.5, 0.6) is 0 Å². The van der Waals surface area contributed by atoms with Gasteiger partial charge in [-0.15, -0.1) is 0 Å². The van der Waals surface area contributed by atoms with Gasteiger partial charge in [0.15, 0.2) is 0 Å². The van der Waals surface area contributed by atoms with Crippen LogP contribution in [0.15, 0.2) is 0 Å². The Morgan fingerprint density at radius 3 is 2.22 bits per heavy atom. The SMILES string of the molecule is CC(=O)NCCNCC1CCC(C(C)(C)C)CC1. The van der Waals surface area contributed by atoms with Gasteiger partial charge in [0.2, 0.25) is 5.91 Å². The Morgan fingerprint density at radius 1 is 1.11 bits per heavy atom. The fraction of sp³-hybridized carbons (Fsp3) is 0.933. The van der Waals surface area contributed by atoms with Crippen LogP contribution in [-0.4, -0.2) is 25.5 Å². The highest BCUT2D eigenvalue weighted by Gasteiger charge is 2.29. The first-order valence-electron chi connectivity index (χ1n) is 7.34. The molecule has 1 fully saturated rings. The predicted molar refractivity (Wildman–Crippen MR) is 76.5 cm³/mol. The molecule has 1 rings (SSSR count). The lowest BCUT2D eigenvalue weighted by molar-refractivity contribution is -0.118. The molecule has 1 aliphatic rings. The number of carbonyl (C=O) groups excluding carboxylic acids is 1. The van der Waals surface area contributed by atoms with Crippen molar-refractivity contribution in [3.05, 3.63) is 0 Å². The minimum Gasteiger partial charge on any atom is -0.355 e. The molecule has 0 heterocycles. The molecule has 0 radical (unpaired) electrons. The van der Waals surface area contributed by atoms with Crippen molar-refractivity contribution in [3.8, 4) is 0 Å². The third-order valence-electron chi connectivity index (χ3n) is 4.18. The average Bonchev–Trinajstić information content (AvgIpc) is 2.27. The van der Waals surface area contributed by atoms with Gasteiger partial charge in [0.1, 0.15) is 0 Å². The number of carbonyl (C=O) groups is 1. The second-order valence-electron chi connectivity index (χ2n) is 6.77. The van der Waals surface area contributed by atoms with Gasteiger partial charge in [-0.3, -0.25) is 4.79 Å². The van der Waals surface area contributed by atoms with Crippen LogP contribution >= 0.6 is 0 Å². The lowest BCUT2D eigenvalue weighted by Crippen LogP contribution is -2.34. The van der Waals surface area contributed by atoms with Gasteiger partial charge in [0.05, 0.1) is 0 Å². The smallest absolute Gasteiger partial charge is 0.216 e. The van der Waals surface area contributed by atoms with E-state index in [0.29, 0.717) is 5.41 Å². The molecular weight excluding hydrogens is 224 g/mol. The summed E-state index contributed by atoms with van der Waals surface area (Å²) < 4.78 is 0. The topological polar surface area (TPSA) is 41.1 Å². The Morgan fingerprint density at radius 2 is 1.72 bits per heavy atom. The lowest BCUT2D eigenvalue weighted by Gasteiger charge is -2.37. The Labute approximate surface area is 112 Å². The molecular formula is C15H30N2O. The van der Waals surface area contributed by atoms with E-state index < -0.39 is 0 Å². The minimum absolute atomic E-state index is 0.0579. The van der Waals surface area contributed by atoms with E-state index in [4.69, 9.17) is 0 Å². The van der Waals surface area contributed by atoms with Crippen molar-refractivity contribution in [3.63, 3.8) is 0 Å². The largest absolute Gasteiger partial charge is 0.355 e. The molecule has 0 unspecified atom stereocenters. The molecule has 0 aliphatic heterocycles. The zero-order valence-corrected chi connectivity index (χ0v) is 12.5. The summed E-state index contributed by atoms with van der Waals surface area (Å²) >= 11 is 0. The second kappa shape index (κ2) is 7.13. The van der Waals surface area contributed by atoms with E-state index in [-0.39, 0.29) is 5.91 Å². The first-order chi connectivity index (χ1) is 8.39. The van der Waals surface area contributed by atoms with Gasteiger partial charge < -0.3 is 10.6 Å². The van der Waals surface area contributed by atoms with Crippen LogP contribution in [0.4, 0.5) is 0 Å². The van der Waals surface area contributed by atoms with E-state index >= 15 is 0 Å². The quantitative estimate of drug-likeness (QED) is 0.740. The van der Waals surface area contributed by atoms with E-state index in [0.717, 1.165) is 31.5 Å². The van der Waals surface area contributed by atoms with E-state index in [2.05, 4.69) is 31.4 Å². The lowest BCUT2D eigenvalue weighted by atomic mass is 9.70. The van der Waals surface area contributed by atoms with Crippen LogP contribution in [0.3, 0.4) is 0 Å². The number of hydrogen-bond donors (Lipinski definition) is 2. The standard InChI is InChI=1S/C15H30N2O/c1-12(18)17-10-9-16-11-13-5-7-14(8-6-13)15(2,3)4/h13-14,16H,5-11H2,1-4H3,(H,17,18). The van der Waals surface area contributed by atoms with E-state index in [1.165, 1.54) is 25.7 Å². The molecule has 3 nitrogen and oxygen atoms in total. The van der Waals surface area contributed by atoms with Gasteiger partial charge in [0, 0.05) is 20.0 Å². The van der Waals surface area contributed by atoms with E-state index in [1.807, 2.05) is 0 Å². The average molecular weight is 254 g/mol. The molecule has 0 saturated heterocycles. The minimum atomic E-state index is 0.0579. The molecule has 1 amide bonds. The highest BCUT2D eigenvalue weighted by atomic mass is 16.1. The molecule has 18 heavy (non-hydrogen) atoms. The highest BCUT2D eigenvalue weighted by Crippen LogP contribution is 2.39. The molecule has 106 valence electrons. The number of amides is 1. The third-order valence-corrected chi connectivity index (χ3v) is 4.18. The number of hydrogen-bond acceptors (Lipinski definition) is 2. The maximum absolute atomic E-state index is 10.7. The molecule has 1 saturated carbocycles. The molecule has 0 aromatic carbocycles. The zero-order valence-electron chi connectivity index (χ0n) is 12.5. The van der Waals surface area contributed by atoms with Crippen LogP contribution in [-0.2, 0) is 4.79 Å². The predicted octanol–water partition coefficient (Wildman–Crippen LogP) is 2.56. The van der Waals surface area contributed by atoms with Crippen LogP contribution in [0.2, 0.25) is 0 Å². The van der Waals surface area contributed by atoms with Crippen LogP contribution in [0.1, 0.15) is 53.4 Å². The summed E-state index contributed by atoms with van der Waals surface area (Å²) in [6, 6.07) is 0. The highest BCUT2D eigenvalue weighted by molar-refractivity contribution is 5.72. The normalized spacial score (nSPS) is 24.9. The van der Waals surface area contributed by atoms with Crippen LogP contribution in [0, 0.1) is 17.3 Å². The fourth-order valence-corrected chi connectivity index (χ4v) is 2.87. The van der Waals surface area contributed by atoms with Gasteiger partial charge >= 0.3 is 0 Å². The Kier molecular flexibility index (Phi) is 6.13. The van der Waals surface area contributed by atoms with Gasteiger partial charge in [0.25, 0.3) is 0 Å². The Bertz CT molecular complexity index is 250. The monoisotopic (exact) mass is 254 g/mol. The molecule has 0 bridgehead atoms. The zero-order chi connectivity index (χ0) is 13.6. The van der Waals surface area contributed by atoms with E-state index in [9.17, 15) is 4.79 Å². The summed E-state index contributed by atoms with van der Waals surface area (Å²) in [4.78, 5) is 10.7. The van der Waals surface area contributed by atoms with Crippen molar-refractivity contribution in [2.75, 3.05) is 19.6 Å². The first-order valence-corrected chi connectivity index (χ1v) is 7.34. The molecule has 0 aromatic heterocycles. The summed E-state index contributed by atoms with van der Waals surface area (Å²) in [7, 11) is 0. The van der Waals surface area contributed by atoms with Gasteiger partial charge in [-0.05, 0) is 49.5 Å². The molecule has 1 aliphatic carbocycles. The van der Waals surface area contributed by atoms with Crippen molar-refractivity contribution in [1.82, 2.24) is 10.6 Å². The maximum Gasteiger partial charge on any atom is 0.216 e. The van der Waals surface area contributed by atoms with Gasteiger partial charge in [-0.2, -0.15) is 0 Å². The summed E-state index contributed by atoms with van der Waals surface area (Å²) in [6.45, 7) is 11.4. The summed E-state index contributed by atoms with van der Waals surface area (Å²) in [5.41, 5.74) is 0.476.